The smallest absolute Gasteiger partial charge is 0.254 e. The summed E-state index contributed by atoms with van der Waals surface area (Å²) in [7, 11) is 3.53. The summed E-state index contributed by atoms with van der Waals surface area (Å²) in [4.78, 5) is 28.7. The topological polar surface area (TPSA) is 64.4 Å². The van der Waals surface area contributed by atoms with E-state index < -0.39 is 0 Å². The molecule has 1 aliphatic rings. The fraction of sp³-hybridized carbons (Fsp3) is 0.318. The molecule has 5 heteroatoms. The first-order chi connectivity index (χ1) is 13.0. The Kier molecular flexibility index (Phi) is 5.56. The van der Waals surface area contributed by atoms with Crippen LogP contribution in [0, 0.1) is 17.2 Å². The molecular formula is C22H23N3O2. The molecule has 0 spiro atoms. The number of hydrogen-bond acceptors (Lipinski definition) is 3. The Morgan fingerprint density at radius 1 is 1.00 bits per heavy atom. The van der Waals surface area contributed by atoms with Gasteiger partial charge in [-0.05, 0) is 30.5 Å². The van der Waals surface area contributed by atoms with Crippen molar-refractivity contribution in [2.75, 3.05) is 27.2 Å². The van der Waals surface area contributed by atoms with E-state index >= 15 is 0 Å². The van der Waals surface area contributed by atoms with Gasteiger partial charge in [-0.15, -0.1) is 0 Å². The SMILES string of the molecule is CN(C)C(=O)C1CCN(C(=O)c2ccccc2-c2ccccc2C#N)CC1. The number of carbonyl (C=O) groups is 2. The van der Waals surface area contributed by atoms with Gasteiger partial charge in [-0.1, -0.05) is 36.4 Å². The lowest BCUT2D eigenvalue weighted by Gasteiger charge is -2.33. The average molecular weight is 361 g/mol. The summed E-state index contributed by atoms with van der Waals surface area (Å²) in [6, 6.07) is 16.9. The van der Waals surface area contributed by atoms with Crippen LogP contribution in [0.4, 0.5) is 0 Å². The normalized spacial score (nSPS) is 14.5. The maximum Gasteiger partial charge on any atom is 0.254 e. The predicted octanol–water partition coefficient (Wildman–Crippen LogP) is 3.17. The van der Waals surface area contributed by atoms with Crippen LogP contribution in [-0.4, -0.2) is 48.8 Å². The summed E-state index contributed by atoms with van der Waals surface area (Å²) in [5.74, 6) is 0.0677. The van der Waals surface area contributed by atoms with E-state index in [4.69, 9.17) is 0 Å². The molecule has 2 aromatic carbocycles. The number of benzene rings is 2. The van der Waals surface area contributed by atoms with Crippen LogP contribution in [0.3, 0.4) is 0 Å². The van der Waals surface area contributed by atoms with Gasteiger partial charge in [0.1, 0.15) is 0 Å². The standard InChI is InChI=1S/C22H23N3O2/c1-24(2)21(26)16-11-13-25(14-12-16)22(27)20-10-6-5-9-19(20)18-8-4-3-7-17(18)15-23/h3-10,16H,11-14H2,1-2H3. The summed E-state index contributed by atoms with van der Waals surface area (Å²) >= 11 is 0. The number of nitriles is 1. The molecule has 0 unspecified atom stereocenters. The Morgan fingerprint density at radius 2 is 1.59 bits per heavy atom. The summed E-state index contributed by atoms with van der Waals surface area (Å²) in [6.45, 7) is 1.13. The van der Waals surface area contributed by atoms with Crippen LogP contribution in [0.5, 0.6) is 0 Å². The van der Waals surface area contributed by atoms with Crippen LogP contribution >= 0.6 is 0 Å². The third-order valence-corrected chi connectivity index (χ3v) is 5.07. The number of piperidine rings is 1. The van der Waals surface area contributed by atoms with Crippen LogP contribution in [0.1, 0.15) is 28.8 Å². The van der Waals surface area contributed by atoms with Crippen LogP contribution in [0.2, 0.25) is 0 Å². The number of likely N-dealkylation sites (tertiary alicyclic amines) is 1. The second-order valence-electron chi connectivity index (χ2n) is 7.00. The number of nitrogens with zero attached hydrogens (tertiary/aromatic N) is 3. The first kappa shape index (κ1) is 18.7. The second-order valence-corrected chi connectivity index (χ2v) is 7.00. The van der Waals surface area contributed by atoms with E-state index in [1.165, 1.54) is 0 Å². The minimum absolute atomic E-state index is 0.0152. The van der Waals surface area contributed by atoms with Gasteiger partial charge < -0.3 is 9.80 Å². The third-order valence-electron chi connectivity index (χ3n) is 5.07. The number of hydrogen-bond donors (Lipinski definition) is 0. The van der Waals surface area contributed by atoms with Gasteiger partial charge in [-0.3, -0.25) is 9.59 Å². The van der Waals surface area contributed by atoms with Crippen LogP contribution in [0.25, 0.3) is 11.1 Å². The van der Waals surface area contributed by atoms with Gasteiger partial charge in [0.25, 0.3) is 5.91 Å². The molecule has 1 heterocycles. The molecule has 2 aromatic rings. The Hall–Kier alpha value is -3.13. The molecule has 27 heavy (non-hydrogen) atoms. The molecule has 2 amide bonds. The molecule has 0 aliphatic carbocycles. The lowest BCUT2D eigenvalue weighted by Crippen LogP contribution is -2.42. The van der Waals surface area contributed by atoms with Crippen LogP contribution < -0.4 is 0 Å². The van der Waals surface area contributed by atoms with Crippen molar-refractivity contribution in [3.05, 3.63) is 59.7 Å². The molecule has 0 saturated carbocycles. The number of rotatable bonds is 3. The van der Waals surface area contributed by atoms with Crippen molar-refractivity contribution < 1.29 is 9.59 Å². The molecule has 1 saturated heterocycles. The molecular weight excluding hydrogens is 338 g/mol. The summed E-state index contributed by atoms with van der Waals surface area (Å²) in [6.07, 6.45) is 1.36. The first-order valence-corrected chi connectivity index (χ1v) is 9.12. The average Bonchev–Trinajstić information content (AvgIpc) is 2.72. The summed E-state index contributed by atoms with van der Waals surface area (Å²) in [5.41, 5.74) is 2.68. The first-order valence-electron chi connectivity index (χ1n) is 9.12. The number of carbonyl (C=O) groups excluding carboxylic acids is 2. The highest BCUT2D eigenvalue weighted by Crippen LogP contribution is 2.29. The van der Waals surface area contributed by atoms with E-state index in [0.29, 0.717) is 37.1 Å². The molecule has 0 radical (unpaired) electrons. The molecule has 5 nitrogen and oxygen atoms in total. The summed E-state index contributed by atoms with van der Waals surface area (Å²) < 4.78 is 0. The van der Waals surface area contributed by atoms with Gasteiger partial charge >= 0.3 is 0 Å². The lowest BCUT2D eigenvalue weighted by atomic mass is 9.92. The molecule has 0 aromatic heterocycles. The highest BCUT2D eigenvalue weighted by Gasteiger charge is 2.29. The second kappa shape index (κ2) is 8.05. The largest absolute Gasteiger partial charge is 0.349 e. The Balaban J connectivity index is 1.83. The van der Waals surface area contributed by atoms with Gasteiger partial charge in [0.05, 0.1) is 11.6 Å². The number of amides is 2. The zero-order valence-corrected chi connectivity index (χ0v) is 15.7. The molecule has 0 bridgehead atoms. The Morgan fingerprint density at radius 3 is 2.22 bits per heavy atom. The fourth-order valence-corrected chi connectivity index (χ4v) is 3.58. The van der Waals surface area contributed by atoms with Crippen molar-refractivity contribution in [1.82, 2.24) is 9.80 Å². The van der Waals surface area contributed by atoms with Gasteiger partial charge in [-0.25, -0.2) is 0 Å². The molecule has 138 valence electrons. The zero-order chi connectivity index (χ0) is 19.4. The maximum atomic E-state index is 13.2. The highest BCUT2D eigenvalue weighted by atomic mass is 16.2. The van der Waals surface area contributed by atoms with E-state index in [0.717, 1.165) is 11.1 Å². The maximum absolute atomic E-state index is 13.2. The van der Waals surface area contributed by atoms with E-state index in [1.807, 2.05) is 47.4 Å². The van der Waals surface area contributed by atoms with E-state index in [-0.39, 0.29) is 17.7 Å². The monoisotopic (exact) mass is 361 g/mol. The minimum atomic E-state index is -0.0471. The molecule has 1 fully saturated rings. The van der Waals surface area contributed by atoms with Gasteiger partial charge in [0.2, 0.25) is 5.91 Å². The van der Waals surface area contributed by atoms with E-state index in [9.17, 15) is 14.9 Å². The van der Waals surface area contributed by atoms with Crippen molar-refractivity contribution >= 4 is 11.8 Å². The van der Waals surface area contributed by atoms with Crippen LogP contribution in [0.15, 0.2) is 48.5 Å². The molecule has 0 N–H and O–H groups in total. The molecule has 3 rings (SSSR count). The Labute approximate surface area is 159 Å². The fourth-order valence-electron chi connectivity index (χ4n) is 3.58. The zero-order valence-electron chi connectivity index (χ0n) is 15.7. The highest BCUT2D eigenvalue weighted by molar-refractivity contribution is 6.01. The van der Waals surface area contributed by atoms with Crippen molar-refractivity contribution in [2.45, 2.75) is 12.8 Å². The third kappa shape index (κ3) is 3.85. The quantitative estimate of drug-likeness (QED) is 0.843. The minimum Gasteiger partial charge on any atom is -0.349 e. The van der Waals surface area contributed by atoms with Crippen molar-refractivity contribution in [1.29, 1.82) is 5.26 Å². The predicted molar refractivity (Wildman–Crippen MR) is 104 cm³/mol. The molecule has 0 atom stereocenters. The van der Waals surface area contributed by atoms with Crippen molar-refractivity contribution in [3.63, 3.8) is 0 Å². The summed E-state index contributed by atoms with van der Waals surface area (Å²) in [5, 5.41) is 9.40. The van der Waals surface area contributed by atoms with Crippen LogP contribution in [-0.2, 0) is 4.79 Å². The van der Waals surface area contributed by atoms with Crippen molar-refractivity contribution in [2.24, 2.45) is 5.92 Å². The Bertz CT molecular complexity index is 890. The lowest BCUT2D eigenvalue weighted by molar-refractivity contribution is -0.134. The van der Waals surface area contributed by atoms with E-state index in [2.05, 4.69) is 6.07 Å². The van der Waals surface area contributed by atoms with Gasteiger partial charge in [0.15, 0.2) is 0 Å². The molecule has 1 aliphatic heterocycles. The van der Waals surface area contributed by atoms with Gasteiger partial charge in [-0.2, -0.15) is 5.26 Å². The van der Waals surface area contributed by atoms with Crippen molar-refractivity contribution in [3.8, 4) is 17.2 Å². The van der Waals surface area contributed by atoms with E-state index in [1.54, 1.807) is 25.1 Å². The van der Waals surface area contributed by atoms with Gasteiger partial charge in [0, 0.05) is 44.2 Å².